The van der Waals surface area contributed by atoms with Gasteiger partial charge in [-0.15, -0.1) is 0 Å². The van der Waals surface area contributed by atoms with Crippen LogP contribution in [0.2, 0.25) is 0 Å². The first-order chi connectivity index (χ1) is 18.3. The summed E-state index contributed by atoms with van der Waals surface area (Å²) in [7, 11) is 0. The molecule has 0 bridgehead atoms. The van der Waals surface area contributed by atoms with Crippen molar-refractivity contribution < 1.29 is 0 Å². The number of rotatable bonds is 2. The Labute approximate surface area is 230 Å². The van der Waals surface area contributed by atoms with E-state index < -0.39 is 0 Å². The largest absolute Gasteiger partial charge is 0.0683 e. The number of fused-ring (bicyclic) bond motifs is 2. The van der Waals surface area contributed by atoms with Gasteiger partial charge in [-0.05, 0) is 72.2 Å². The molecule has 6 rings (SSSR count). The molecule has 0 N–H and O–H groups in total. The Balaban J connectivity index is 0.000000166. The molecule has 4 aromatic carbocycles. The quantitative estimate of drug-likeness (QED) is 0.258. The fraction of sp³-hybridized carbons (Fsp3) is 0.263. The first-order valence-electron chi connectivity index (χ1n) is 14.1. The monoisotopic (exact) mass is 498 g/mol. The number of aryl methyl sites for hydroxylation is 2. The van der Waals surface area contributed by atoms with Crippen LogP contribution in [0.25, 0.3) is 34.4 Å². The molecule has 0 aromatic heterocycles. The van der Waals surface area contributed by atoms with Crippen molar-refractivity contribution in [2.45, 2.75) is 67.2 Å². The smallest absolute Gasteiger partial charge is 0.00265 e. The Bertz CT molecular complexity index is 1340. The maximum absolute atomic E-state index is 2.34. The van der Waals surface area contributed by atoms with Crippen molar-refractivity contribution in [3.05, 3.63) is 129 Å². The summed E-state index contributed by atoms with van der Waals surface area (Å²) >= 11 is 0. The van der Waals surface area contributed by atoms with E-state index in [4.69, 9.17) is 0 Å². The van der Waals surface area contributed by atoms with Gasteiger partial charge in [-0.25, -0.2) is 0 Å². The summed E-state index contributed by atoms with van der Waals surface area (Å²) in [6.07, 6.45) is 4.68. The minimum atomic E-state index is 0.561. The molecule has 0 fully saturated rings. The minimum absolute atomic E-state index is 0.561. The van der Waals surface area contributed by atoms with Crippen molar-refractivity contribution in [2.24, 2.45) is 0 Å². The molecular weight excluding hydrogens is 456 g/mol. The number of allylic oxidation sites excluding steroid dienone is 2. The zero-order valence-electron chi connectivity index (χ0n) is 24.4. The Morgan fingerprint density at radius 2 is 0.789 bits per heavy atom. The van der Waals surface area contributed by atoms with Crippen LogP contribution in [-0.2, 0) is 0 Å². The van der Waals surface area contributed by atoms with Gasteiger partial charge in [-0.3, -0.25) is 0 Å². The van der Waals surface area contributed by atoms with E-state index in [1.165, 1.54) is 66.8 Å². The topological polar surface area (TPSA) is 0 Å². The summed E-state index contributed by atoms with van der Waals surface area (Å²) in [6, 6.07) is 30.9. The van der Waals surface area contributed by atoms with Crippen LogP contribution < -0.4 is 0 Å². The molecule has 2 aliphatic rings. The molecule has 0 amide bonds. The zero-order valence-corrected chi connectivity index (χ0v) is 24.4. The van der Waals surface area contributed by atoms with Gasteiger partial charge >= 0.3 is 0 Å². The molecule has 0 saturated carbocycles. The normalized spacial score (nSPS) is 16.7. The van der Waals surface area contributed by atoms with Gasteiger partial charge in [0.2, 0.25) is 0 Å². The third-order valence-corrected chi connectivity index (χ3v) is 8.05. The highest BCUT2D eigenvalue weighted by atomic mass is 14.3. The van der Waals surface area contributed by atoms with Crippen molar-refractivity contribution in [2.75, 3.05) is 0 Å². The lowest BCUT2D eigenvalue weighted by Crippen LogP contribution is -1.91. The lowest BCUT2D eigenvalue weighted by molar-refractivity contribution is 0.922. The van der Waals surface area contributed by atoms with Gasteiger partial charge < -0.3 is 0 Å². The predicted molar refractivity (Wildman–Crippen MR) is 169 cm³/mol. The Hall–Kier alpha value is -3.64. The van der Waals surface area contributed by atoms with Crippen LogP contribution in [0.5, 0.6) is 0 Å². The van der Waals surface area contributed by atoms with E-state index in [1.54, 1.807) is 0 Å². The van der Waals surface area contributed by atoms with Gasteiger partial charge in [0.05, 0.1) is 0 Å². The summed E-state index contributed by atoms with van der Waals surface area (Å²) in [5.41, 5.74) is 16.6. The Kier molecular flexibility index (Phi) is 8.52. The van der Waals surface area contributed by atoms with Crippen molar-refractivity contribution >= 4 is 12.2 Å². The minimum Gasteiger partial charge on any atom is -0.0683 e. The summed E-state index contributed by atoms with van der Waals surface area (Å²) in [5.74, 6) is 1.12. The van der Waals surface area contributed by atoms with Gasteiger partial charge in [0, 0.05) is 11.8 Å². The van der Waals surface area contributed by atoms with Crippen LogP contribution in [0, 0.1) is 13.8 Å². The molecular formula is C38H42. The second-order valence-corrected chi connectivity index (χ2v) is 10.6. The molecule has 0 saturated heterocycles. The maximum atomic E-state index is 2.34. The van der Waals surface area contributed by atoms with E-state index in [1.807, 2.05) is 13.8 Å². The van der Waals surface area contributed by atoms with E-state index in [2.05, 4.69) is 139 Å². The average Bonchev–Trinajstić information content (AvgIpc) is 3.40. The molecule has 194 valence electrons. The second kappa shape index (κ2) is 11.8. The fourth-order valence-corrected chi connectivity index (χ4v) is 5.41. The molecule has 0 nitrogen and oxygen atoms in total. The molecule has 0 radical (unpaired) electrons. The van der Waals surface area contributed by atoms with E-state index in [9.17, 15) is 0 Å². The molecule has 2 aliphatic carbocycles. The summed E-state index contributed by atoms with van der Waals surface area (Å²) in [6.45, 7) is 17.3. The molecule has 2 unspecified atom stereocenters. The van der Waals surface area contributed by atoms with Crippen LogP contribution in [0.4, 0.5) is 0 Å². The van der Waals surface area contributed by atoms with E-state index in [-0.39, 0.29) is 0 Å². The lowest BCUT2D eigenvalue weighted by atomic mass is 9.93. The van der Waals surface area contributed by atoms with Gasteiger partial charge in [0.25, 0.3) is 0 Å². The van der Waals surface area contributed by atoms with E-state index in [0.717, 1.165) is 0 Å². The molecule has 4 aromatic rings. The van der Waals surface area contributed by atoms with Gasteiger partial charge in [-0.2, -0.15) is 0 Å². The highest BCUT2D eigenvalue weighted by molar-refractivity contribution is 5.82. The third kappa shape index (κ3) is 5.46. The van der Waals surface area contributed by atoms with Crippen LogP contribution >= 0.6 is 0 Å². The molecule has 0 heteroatoms. The Morgan fingerprint density at radius 3 is 1.13 bits per heavy atom. The summed E-state index contributed by atoms with van der Waals surface area (Å²) < 4.78 is 0. The molecule has 38 heavy (non-hydrogen) atoms. The molecule has 2 atom stereocenters. The number of hydrogen-bond acceptors (Lipinski definition) is 0. The van der Waals surface area contributed by atoms with E-state index >= 15 is 0 Å². The molecule has 0 heterocycles. The van der Waals surface area contributed by atoms with Crippen molar-refractivity contribution in [1.29, 1.82) is 0 Å². The van der Waals surface area contributed by atoms with Gasteiger partial charge in [0.15, 0.2) is 0 Å². The average molecular weight is 499 g/mol. The van der Waals surface area contributed by atoms with Gasteiger partial charge in [0.1, 0.15) is 0 Å². The summed E-state index contributed by atoms with van der Waals surface area (Å²) in [5, 5.41) is 0. The fourth-order valence-electron chi connectivity index (χ4n) is 5.41. The number of benzene rings is 4. The van der Waals surface area contributed by atoms with Crippen LogP contribution in [-0.4, -0.2) is 0 Å². The zero-order chi connectivity index (χ0) is 27.4. The first-order valence-corrected chi connectivity index (χ1v) is 14.1. The van der Waals surface area contributed by atoms with Crippen molar-refractivity contribution in [3.8, 4) is 22.3 Å². The van der Waals surface area contributed by atoms with Crippen molar-refractivity contribution in [3.63, 3.8) is 0 Å². The van der Waals surface area contributed by atoms with E-state index in [0.29, 0.717) is 11.8 Å². The number of hydrogen-bond donors (Lipinski definition) is 0. The van der Waals surface area contributed by atoms with Crippen LogP contribution in [0.3, 0.4) is 0 Å². The Morgan fingerprint density at radius 1 is 0.447 bits per heavy atom. The van der Waals surface area contributed by atoms with Gasteiger partial charge in [-0.1, -0.05) is 147 Å². The highest BCUT2D eigenvalue weighted by Crippen LogP contribution is 2.41. The first kappa shape index (κ1) is 27.4. The predicted octanol–water partition coefficient (Wildman–Crippen LogP) is 11.4. The molecule has 0 aliphatic heterocycles. The maximum Gasteiger partial charge on any atom is 0.00265 e. The van der Waals surface area contributed by atoms with Crippen LogP contribution in [0.15, 0.2) is 96.1 Å². The van der Waals surface area contributed by atoms with Crippen LogP contribution in [0.1, 0.15) is 86.8 Å². The highest BCUT2D eigenvalue weighted by Gasteiger charge is 2.21. The van der Waals surface area contributed by atoms with Crippen molar-refractivity contribution in [1.82, 2.24) is 0 Å². The second-order valence-electron chi connectivity index (χ2n) is 10.6. The SMILES string of the molecule is CC.CC1=Cc2c(-c3ccc(C)cc3)cccc2C1C.CC1=Cc2c(-c3ccc(C)cc3)cccc2C1C. The molecule has 0 spiro atoms. The standard InChI is InChI=1S/2C18H18.C2H6/c2*1-12-7-9-15(10-8-12)17-6-4-5-16-14(3)13(2)11-18(16)17;1-2/h2*4-11,14H,1-3H3;1-2H3. The third-order valence-electron chi connectivity index (χ3n) is 8.05. The lowest BCUT2D eigenvalue weighted by Gasteiger charge is -2.11. The summed E-state index contributed by atoms with van der Waals surface area (Å²) in [4.78, 5) is 0.